The molecule has 2 aliphatic rings. The zero-order valence-corrected chi connectivity index (χ0v) is 17.0. The van der Waals surface area contributed by atoms with Gasteiger partial charge in [0.05, 0.1) is 34.5 Å². The predicted octanol–water partition coefficient (Wildman–Crippen LogP) is 2.84. The molecule has 1 saturated heterocycles. The standard InChI is InChI=1S/C21H34N2O4/c1-24-18-8-7-17(19(25-2)20(18)26-3)15-22-16-21(9-5-4-6-10-21)23-11-13-27-14-12-23/h7-8,22H,4-6,9-16H2,1-3H3. The van der Waals surface area contributed by atoms with Gasteiger partial charge in [-0.1, -0.05) is 25.3 Å². The van der Waals surface area contributed by atoms with E-state index in [2.05, 4.69) is 16.3 Å². The molecule has 1 heterocycles. The lowest BCUT2D eigenvalue weighted by atomic mass is 9.79. The highest BCUT2D eigenvalue weighted by Crippen LogP contribution is 2.40. The van der Waals surface area contributed by atoms with Gasteiger partial charge >= 0.3 is 0 Å². The number of nitrogens with zero attached hydrogens (tertiary/aromatic N) is 1. The highest BCUT2D eigenvalue weighted by atomic mass is 16.5. The summed E-state index contributed by atoms with van der Waals surface area (Å²) in [6.45, 7) is 5.53. The SMILES string of the molecule is COc1ccc(CNCC2(N3CCOCC3)CCCCC2)c(OC)c1OC. The molecule has 0 atom stereocenters. The predicted molar refractivity (Wildman–Crippen MR) is 106 cm³/mol. The number of nitrogens with one attached hydrogen (secondary N) is 1. The molecule has 152 valence electrons. The molecule has 0 radical (unpaired) electrons. The molecule has 6 nitrogen and oxygen atoms in total. The first-order valence-electron chi connectivity index (χ1n) is 10.1. The number of hydrogen-bond donors (Lipinski definition) is 1. The van der Waals surface area contributed by atoms with Gasteiger partial charge < -0.3 is 24.3 Å². The summed E-state index contributed by atoms with van der Waals surface area (Å²) in [4.78, 5) is 2.66. The summed E-state index contributed by atoms with van der Waals surface area (Å²) in [5, 5.41) is 3.71. The van der Waals surface area contributed by atoms with Crippen LogP contribution in [0.5, 0.6) is 17.2 Å². The molecule has 1 aromatic rings. The normalized spacial score (nSPS) is 20.3. The molecule has 1 N–H and O–H groups in total. The third-order valence-corrected chi connectivity index (χ3v) is 6.02. The Morgan fingerprint density at radius 3 is 2.30 bits per heavy atom. The van der Waals surface area contributed by atoms with Crippen LogP contribution >= 0.6 is 0 Å². The number of hydrogen-bond acceptors (Lipinski definition) is 6. The zero-order chi connectivity index (χ0) is 19.1. The van der Waals surface area contributed by atoms with Crippen molar-refractivity contribution in [3.8, 4) is 17.2 Å². The van der Waals surface area contributed by atoms with E-state index in [4.69, 9.17) is 18.9 Å². The third-order valence-electron chi connectivity index (χ3n) is 6.02. The van der Waals surface area contributed by atoms with Crippen LogP contribution in [0.3, 0.4) is 0 Å². The van der Waals surface area contributed by atoms with Crippen molar-refractivity contribution in [2.24, 2.45) is 0 Å². The number of rotatable bonds is 8. The van der Waals surface area contributed by atoms with Crippen molar-refractivity contribution in [1.29, 1.82) is 0 Å². The lowest BCUT2D eigenvalue weighted by Crippen LogP contribution is -2.59. The summed E-state index contributed by atoms with van der Waals surface area (Å²) in [6.07, 6.45) is 6.53. The van der Waals surface area contributed by atoms with Crippen molar-refractivity contribution in [2.75, 3.05) is 54.2 Å². The summed E-state index contributed by atoms with van der Waals surface area (Å²) < 4.78 is 22.1. The average molecular weight is 379 g/mol. The first-order valence-corrected chi connectivity index (χ1v) is 10.1. The Kier molecular flexibility index (Phi) is 7.21. The Labute approximate surface area is 163 Å². The molecule has 0 aromatic heterocycles. The summed E-state index contributed by atoms with van der Waals surface area (Å²) in [6, 6.07) is 3.99. The Balaban J connectivity index is 1.69. The van der Waals surface area contributed by atoms with Gasteiger partial charge in [0.1, 0.15) is 0 Å². The van der Waals surface area contributed by atoms with Gasteiger partial charge in [-0.25, -0.2) is 0 Å². The minimum absolute atomic E-state index is 0.256. The zero-order valence-electron chi connectivity index (χ0n) is 17.0. The van der Waals surface area contributed by atoms with E-state index in [0.717, 1.165) is 50.7 Å². The fourth-order valence-corrected chi connectivity index (χ4v) is 4.58. The molecule has 1 aliphatic heterocycles. The van der Waals surface area contributed by atoms with Crippen LogP contribution in [0.25, 0.3) is 0 Å². The first kappa shape index (κ1) is 20.2. The van der Waals surface area contributed by atoms with Gasteiger partial charge in [0, 0.05) is 37.3 Å². The molecule has 0 bridgehead atoms. The van der Waals surface area contributed by atoms with E-state index in [1.165, 1.54) is 32.1 Å². The second kappa shape index (κ2) is 9.62. The van der Waals surface area contributed by atoms with Crippen LogP contribution < -0.4 is 19.5 Å². The van der Waals surface area contributed by atoms with Crippen LogP contribution in [0.1, 0.15) is 37.7 Å². The van der Waals surface area contributed by atoms with Gasteiger partial charge in [-0.3, -0.25) is 4.90 Å². The largest absolute Gasteiger partial charge is 0.493 e. The quantitative estimate of drug-likeness (QED) is 0.751. The molecular formula is C21H34N2O4. The summed E-state index contributed by atoms with van der Waals surface area (Å²) in [5.74, 6) is 2.09. The molecule has 1 aliphatic carbocycles. The van der Waals surface area contributed by atoms with E-state index in [0.29, 0.717) is 11.5 Å². The van der Waals surface area contributed by atoms with E-state index < -0.39 is 0 Å². The van der Waals surface area contributed by atoms with Gasteiger partial charge in [0.15, 0.2) is 11.5 Å². The number of benzene rings is 1. The van der Waals surface area contributed by atoms with Crippen molar-refractivity contribution in [2.45, 2.75) is 44.2 Å². The number of methoxy groups -OCH3 is 3. The molecule has 3 rings (SSSR count). The highest BCUT2D eigenvalue weighted by Gasteiger charge is 2.38. The Morgan fingerprint density at radius 2 is 1.67 bits per heavy atom. The maximum Gasteiger partial charge on any atom is 0.203 e. The van der Waals surface area contributed by atoms with Crippen molar-refractivity contribution in [1.82, 2.24) is 10.2 Å². The van der Waals surface area contributed by atoms with Gasteiger partial charge in [0.2, 0.25) is 5.75 Å². The van der Waals surface area contributed by atoms with Gasteiger partial charge in [-0.2, -0.15) is 0 Å². The van der Waals surface area contributed by atoms with E-state index in [1.54, 1.807) is 21.3 Å². The molecule has 2 fully saturated rings. The van der Waals surface area contributed by atoms with E-state index in [9.17, 15) is 0 Å². The lowest BCUT2D eigenvalue weighted by Gasteiger charge is -2.48. The lowest BCUT2D eigenvalue weighted by molar-refractivity contribution is -0.0369. The topological polar surface area (TPSA) is 52.2 Å². The Hall–Kier alpha value is -1.50. The van der Waals surface area contributed by atoms with Crippen LogP contribution in [-0.4, -0.2) is 64.6 Å². The second-order valence-electron chi connectivity index (χ2n) is 7.48. The van der Waals surface area contributed by atoms with Crippen molar-refractivity contribution in [3.63, 3.8) is 0 Å². The molecule has 0 unspecified atom stereocenters. The van der Waals surface area contributed by atoms with Crippen molar-refractivity contribution in [3.05, 3.63) is 17.7 Å². The smallest absolute Gasteiger partial charge is 0.203 e. The van der Waals surface area contributed by atoms with Gasteiger partial charge in [0.25, 0.3) is 0 Å². The van der Waals surface area contributed by atoms with Crippen molar-refractivity contribution < 1.29 is 18.9 Å². The van der Waals surface area contributed by atoms with Crippen LogP contribution in [0.4, 0.5) is 0 Å². The van der Waals surface area contributed by atoms with E-state index >= 15 is 0 Å². The number of ether oxygens (including phenoxy) is 4. The fraction of sp³-hybridized carbons (Fsp3) is 0.714. The summed E-state index contributed by atoms with van der Waals surface area (Å²) in [7, 11) is 4.97. The maximum atomic E-state index is 5.62. The molecular weight excluding hydrogens is 344 g/mol. The first-order chi connectivity index (χ1) is 13.2. The van der Waals surface area contributed by atoms with Gasteiger partial charge in [-0.05, 0) is 18.9 Å². The van der Waals surface area contributed by atoms with Crippen LogP contribution in [0.15, 0.2) is 12.1 Å². The Morgan fingerprint density at radius 1 is 0.963 bits per heavy atom. The average Bonchev–Trinajstić information content (AvgIpc) is 2.74. The molecule has 27 heavy (non-hydrogen) atoms. The minimum atomic E-state index is 0.256. The maximum absolute atomic E-state index is 5.62. The fourth-order valence-electron chi connectivity index (χ4n) is 4.58. The highest BCUT2D eigenvalue weighted by molar-refractivity contribution is 5.55. The molecule has 0 amide bonds. The molecule has 1 aromatic carbocycles. The van der Waals surface area contributed by atoms with E-state index in [-0.39, 0.29) is 5.54 Å². The molecule has 6 heteroatoms. The minimum Gasteiger partial charge on any atom is -0.493 e. The molecule has 0 spiro atoms. The number of morpholine rings is 1. The van der Waals surface area contributed by atoms with Gasteiger partial charge in [-0.15, -0.1) is 0 Å². The van der Waals surface area contributed by atoms with E-state index in [1.807, 2.05) is 6.07 Å². The Bertz CT molecular complexity index is 596. The van der Waals surface area contributed by atoms with Crippen LogP contribution in [0, 0.1) is 0 Å². The monoisotopic (exact) mass is 378 g/mol. The third kappa shape index (κ3) is 4.50. The van der Waals surface area contributed by atoms with Crippen LogP contribution in [-0.2, 0) is 11.3 Å². The molecule has 1 saturated carbocycles. The summed E-state index contributed by atoms with van der Waals surface area (Å²) in [5.41, 5.74) is 1.34. The van der Waals surface area contributed by atoms with Crippen molar-refractivity contribution >= 4 is 0 Å². The van der Waals surface area contributed by atoms with Crippen LogP contribution in [0.2, 0.25) is 0 Å². The second-order valence-corrected chi connectivity index (χ2v) is 7.48. The summed E-state index contributed by atoms with van der Waals surface area (Å²) >= 11 is 0.